The fourth-order valence-corrected chi connectivity index (χ4v) is 4.02. The van der Waals surface area contributed by atoms with Crippen LogP contribution in [-0.4, -0.2) is 21.9 Å². The molecule has 0 saturated heterocycles. The second kappa shape index (κ2) is 9.34. The average molecular weight is 424 g/mol. The third-order valence-corrected chi connectivity index (χ3v) is 6.07. The lowest BCUT2D eigenvalue weighted by Crippen LogP contribution is -2.14. The summed E-state index contributed by atoms with van der Waals surface area (Å²) in [5.41, 5.74) is 5.91. The van der Waals surface area contributed by atoms with Crippen LogP contribution in [0.5, 0.6) is 5.75 Å². The number of hydrogen-bond donors (Lipinski definition) is 1. The van der Waals surface area contributed by atoms with Crippen LogP contribution in [0.2, 0.25) is 0 Å². The number of fused-ring (bicyclic) bond motifs is 1. The van der Waals surface area contributed by atoms with Crippen molar-refractivity contribution in [2.75, 3.05) is 11.1 Å². The second-order valence-corrected chi connectivity index (χ2v) is 8.45. The summed E-state index contributed by atoms with van der Waals surface area (Å²) < 4.78 is 11.4. The van der Waals surface area contributed by atoms with Crippen LogP contribution < -0.4 is 10.1 Å². The number of carbonyl (C=O) groups excluding carboxylic acids is 1. The first-order valence-electron chi connectivity index (χ1n) is 10.1. The van der Waals surface area contributed by atoms with Gasteiger partial charge in [0.05, 0.1) is 5.75 Å². The molecular weight excluding hydrogens is 398 g/mol. The highest BCUT2D eigenvalue weighted by Gasteiger charge is 2.13. The third kappa shape index (κ3) is 5.21. The maximum Gasteiger partial charge on any atom is 0.277 e. The maximum absolute atomic E-state index is 12.2. The second-order valence-electron chi connectivity index (χ2n) is 7.52. The third-order valence-electron chi connectivity index (χ3n) is 5.25. The van der Waals surface area contributed by atoms with Gasteiger partial charge in [-0.2, -0.15) is 0 Å². The Morgan fingerprint density at radius 2 is 1.90 bits per heavy atom. The Morgan fingerprint density at radius 3 is 2.73 bits per heavy atom. The van der Waals surface area contributed by atoms with Gasteiger partial charge in [0.2, 0.25) is 5.91 Å². The summed E-state index contributed by atoms with van der Waals surface area (Å²) in [5, 5.41) is 11.2. The summed E-state index contributed by atoms with van der Waals surface area (Å²) in [5.74, 6) is 1.29. The zero-order chi connectivity index (χ0) is 20.9. The maximum atomic E-state index is 12.2. The van der Waals surface area contributed by atoms with E-state index in [0.29, 0.717) is 11.1 Å². The highest BCUT2D eigenvalue weighted by atomic mass is 32.2. The molecule has 0 unspecified atom stereocenters. The normalized spacial score (nSPS) is 13.0. The fraction of sp³-hybridized carbons (Fsp3) is 0.348. The van der Waals surface area contributed by atoms with Crippen molar-refractivity contribution in [1.82, 2.24) is 10.2 Å². The highest BCUT2D eigenvalue weighted by molar-refractivity contribution is 7.99. The summed E-state index contributed by atoms with van der Waals surface area (Å²) >= 11 is 1.21. The average Bonchev–Trinajstić information content (AvgIpc) is 3.21. The molecule has 1 amide bonds. The molecule has 6 nitrogen and oxygen atoms in total. The van der Waals surface area contributed by atoms with Gasteiger partial charge in [0, 0.05) is 5.69 Å². The molecule has 0 radical (unpaired) electrons. The smallest absolute Gasteiger partial charge is 0.277 e. The van der Waals surface area contributed by atoms with Gasteiger partial charge in [0.1, 0.15) is 5.75 Å². The molecule has 2 aromatic carbocycles. The van der Waals surface area contributed by atoms with E-state index >= 15 is 0 Å². The van der Waals surface area contributed by atoms with Gasteiger partial charge in [-0.25, -0.2) is 0 Å². The monoisotopic (exact) mass is 423 g/mol. The molecule has 0 bridgehead atoms. The van der Waals surface area contributed by atoms with E-state index in [-0.39, 0.29) is 18.3 Å². The van der Waals surface area contributed by atoms with Gasteiger partial charge in [0.25, 0.3) is 11.1 Å². The molecule has 30 heavy (non-hydrogen) atoms. The molecule has 0 aliphatic heterocycles. The van der Waals surface area contributed by atoms with Gasteiger partial charge in [-0.1, -0.05) is 23.9 Å². The molecule has 0 fully saturated rings. The van der Waals surface area contributed by atoms with E-state index in [2.05, 4.69) is 27.6 Å². The van der Waals surface area contributed by atoms with Crippen LogP contribution in [0.25, 0.3) is 0 Å². The molecule has 3 aromatic rings. The molecule has 7 heteroatoms. The van der Waals surface area contributed by atoms with Crippen LogP contribution in [0.15, 0.2) is 46.0 Å². The number of benzene rings is 2. The number of amides is 1. The molecule has 0 spiro atoms. The summed E-state index contributed by atoms with van der Waals surface area (Å²) in [7, 11) is 0. The van der Waals surface area contributed by atoms with Crippen LogP contribution in [0.3, 0.4) is 0 Å². The van der Waals surface area contributed by atoms with E-state index in [1.54, 1.807) is 0 Å². The molecule has 0 saturated carbocycles. The first-order valence-corrected chi connectivity index (χ1v) is 11.1. The zero-order valence-electron chi connectivity index (χ0n) is 17.2. The van der Waals surface area contributed by atoms with Gasteiger partial charge >= 0.3 is 0 Å². The number of carbonyl (C=O) groups is 1. The SMILES string of the molecule is Cc1ccc(NC(=O)CSc2nnc(COc3ccc4c(c3)CCCC4)o2)cc1C. The quantitative estimate of drug-likeness (QED) is 0.546. The largest absolute Gasteiger partial charge is 0.484 e. The van der Waals surface area contributed by atoms with Gasteiger partial charge in [0.15, 0.2) is 6.61 Å². The predicted molar refractivity (Wildman–Crippen MR) is 117 cm³/mol. The van der Waals surface area contributed by atoms with Crippen LogP contribution in [0.1, 0.15) is 41.0 Å². The molecule has 1 N–H and O–H groups in total. The van der Waals surface area contributed by atoms with Crippen molar-refractivity contribution in [3.63, 3.8) is 0 Å². The van der Waals surface area contributed by atoms with Crippen LogP contribution >= 0.6 is 11.8 Å². The Labute approximate surface area is 180 Å². The Morgan fingerprint density at radius 1 is 1.07 bits per heavy atom. The molecular formula is C23H25N3O3S. The van der Waals surface area contributed by atoms with E-state index in [1.807, 2.05) is 38.1 Å². The summed E-state index contributed by atoms with van der Waals surface area (Å²) in [6, 6.07) is 12.1. The molecule has 0 atom stereocenters. The Bertz CT molecular complexity index is 1050. The van der Waals surface area contributed by atoms with Crippen LogP contribution in [-0.2, 0) is 24.2 Å². The number of ether oxygens (including phenoxy) is 1. The number of nitrogens with zero attached hydrogens (tertiary/aromatic N) is 2. The molecule has 1 aliphatic rings. The predicted octanol–water partition coefficient (Wildman–Crippen LogP) is 4.88. The lowest BCUT2D eigenvalue weighted by atomic mass is 9.92. The summed E-state index contributed by atoms with van der Waals surface area (Å²) in [6.45, 7) is 4.27. The first-order chi connectivity index (χ1) is 14.6. The van der Waals surface area contributed by atoms with Crippen LogP contribution in [0.4, 0.5) is 5.69 Å². The minimum absolute atomic E-state index is 0.117. The van der Waals surface area contributed by atoms with Crippen molar-refractivity contribution >= 4 is 23.4 Å². The van der Waals surface area contributed by atoms with E-state index in [1.165, 1.54) is 41.3 Å². The number of aryl methyl sites for hydroxylation is 4. The number of nitrogens with one attached hydrogen (secondary N) is 1. The van der Waals surface area contributed by atoms with Gasteiger partial charge in [-0.3, -0.25) is 4.79 Å². The summed E-state index contributed by atoms with van der Waals surface area (Å²) in [4.78, 5) is 12.2. The lowest BCUT2D eigenvalue weighted by Gasteiger charge is -2.16. The van der Waals surface area contributed by atoms with Crippen molar-refractivity contribution < 1.29 is 13.9 Å². The van der Waals surface area contributed by atoms with E-state index in [0.717, 1.165) is 29.8 Å². The molecule has 1 heterocycles. The van der Waals surface area contributed by atoms with E-state index in [4.69, 9.17) is 9.15 Å². The summed E-state index contributed by atoms with van der Waals surface area (Å²) in [6.07, 6.45) is 4.76. The van der Waals surface area contributed by atoms with Crippen molar-refractivity contribution in [3.05, 3.63) is 64.5 Å². The zero-order valence-corrected chi connectivity index (χ0v) is 18.1. The van der Waals surface area contributed by atoms with E-state index < -0.39 is 0 Å². The number of thioether (sulfide) groups is 1. The van der Waals surface area contributed by atoms with Gasteiger partial charge in [-0.05, 0) is 86.1 Å². The van der Waals surface area contributed by atoms with Crippen molar-refractivity contribution in [2.45, 2.75) is 51.4 Å². The molecule has 156 valence electrons. The Kier molecular flexibility index (Phi) is 6.38. The number of aromatic nitrogens is 2. The number of anilines is 1. The minimum atomic E-state index is -0.117. The minimum Gasteiger partial charge on any atom is -0.484 e. The molecule has 1 aliphatic carbocycles. The topological polar surface area (TPSA) is 77.2 Å². The van der Waals surface area contributed by atoms with Crippen molar-refractivity contribution in [2.24, 2.45) is 0 Å². The van der Waals surface area contributed by atoms with Crippen molar-refractivity contribution in [1.29, 1.82) is 0 Å². The standard InChI is InChI=1S/C23H25N3O3S/c1-15-7-9-19(11-16(15)2)24-21(27)14-30-23-26-25-22(29-23)13-28-20-10-8-17-5-3-4-6-18(17)12-20/h7-12H,3-6,13-14H2,1-2H3,(H,24,27). The fourth-order valence-electron chi connectivity index (χ4n) is 3.44. The number of rotatable bonds is 7. The molecule has 4 rings (SSSR count). The number of hydrogen-bond acceptors (Lipinski definition) is 6. The van der Waals surface area contributed by atoms with Crippen LogP contribution in [0, 0.1) is 13.8 Å². The molecule has 1 aromatic heterocycles. The Balaban J connectivity index is 1.26. The Hall–Kier alpha value is -2.80. The van der Waals surface area contributed by atoms with Gasteiger partial charge < -0.3 is 14.5 Å². The van der Waals surface area contributed by atoms with Gasteiger partial charge in [-0.15, -0.1) is 10.2 Å². The lowest BCUT2D eigenvalue weighted by molar-refractivity contribution is -0.113. The van der Waals surface area contributed by atoms with Crippen molar-refractivity contribution in [3.8, 4) is 5.75 Å². The van der Waals surface area contributed by atoms with E-state index in [9.17, 15) is 4.79 Å². The first kappa shape index (κ1) is 20.5. The highest BCUT2D eigenvalue weighted by Crippen LogP contribution is 2.26.